The molecule has 170 valence electrons. The van der Waals surface area contributed by atoms with E-state index in [4.69, 9.17) is 19.9 Å². The molecule has 8 heteroatoms. The molecular formula is C25H25N3O4S. The molecule has 2 heterocycles. The highest BCUT2D eigenvalue weighted by molar-refractivity contribution is 7.19. The Kier molecular flexibility index (Phi) is 5.68. The highest BCUT2D eigenvalue weighted by Gasteiger charge is 2.32. The quantitative estimate of drug-likeness (QED) is 0.560. The zero-order chi connectivity index (χ0) is 23.9. The van der Waals surface area contributed by atoms with Gasteiger partial charge in [-0.25, -0.2) is 0 Å². The molecule has 1 aromatic carbocycles. The molecule has 0 fully saturated rings. The van der Waals surface area contributed by atoms with Crippen LogP contribution >= 0.6 is 11.3 Å². The summed E-state index contributed by atoms with van der Waals surface area (Å²) in [4.78, 5) is 16.9. The number of hydrogen-bond acceptors (Lipinski definition) is 7. The Morgan fingerprint density at radius 3 is 2.39 bits per heavy atom. The summed E-state index contributed by atoms with van der Waals surface area (Å²) in [5.74, 6) is 1.71. The molecule has 2 aromatic heterocycles. The molecule has 0 spiro atoms. The number of nitrogens with zero attached hydrogens (tertiary/aromatic N) is 1. The number of nitrogens with two attached hydrogens (primary N) is 1. The minimum atomic E-state index is -0.453. The summed E-state index contributed by atoms with van der Waals surface area (Å²) in [6.07, 6.45) is 6.95. The maximum atomic E-state index is 12.2. The van der Waals surface area contributed by atoms with Crippen LogP contribution in [0.3, 0.4) is 0 Å². The van der Waals surface area contributed by atoms with Crippen molar-refractivity contribution < 1.29 is 14.2 Å². The van der Waals surface area contributed by atoms with E-state index in [-0.39, 0.29) is 16.7 Å². The van der Waals surface area contributed by atoms with Crippen molar-refractivity contribution in [3.8, 4) is 23.3 Å². The molecule has 0 unspecified atom stereocenters. The lowest BCUT2D eigenvalue weighted by Gasteiger charge is -2.29. The lowest BCUT2D eigenvalue weighted by Crippen LogP contribution is -2.20. The lowest BCUT2D eigenvalue weighted by molar-refractivity contribution is 0.324. The van der Waals surface area contributed by atoms with Crippen LogP contribution in [0, 0.1) is 11.3 Å². The predicted molar refractivity (Wildman–Crippen MR) is 132 cm³/mol. The number of aromatic nitrogens is 1. The first-order valence-electron chi connectivity index (χ1n) is 10.3. The largest absolute Gasteiger partial charge is 0.493 e. The SMILES string of the molecule is COc1cc(/C=C/C2=Cc3c(sc4[nH]c(=O)c(C#N)c(N)c34)C(C)(C)C2)cc(OC)c1OC. The average molecular weight is 464 g/mol. The summed E-state index contributed by atoms with van der Waals surface area (Å²) < 4.78 is 16.3. The van der Waals surface area contributed by atoms with E-state index < -0.39 is 5.56 Å². The number of fused-ring (bicyclic) bond motifs is 3. The number of thiophene rings is 1. The summed E-state index contributed by atoms with van der Waals surface area (Å²) in [7, 11) is 4.75. The molecule has 33 heavy (non-hydrogen) atoms. The molecule has 0 atom stereocenters. The van der Waals surface area contributed by atoms with Crippen LogP contribution in [0.15, 0.2) is 28.6 Å². The third kappa shape index (κ3) is 3.74. The van der Waals surface area contributed by atoms with Gasteiger partial charge in [-0.05, 0) is 35.8 Å². The zero-order valence-electron chi connectivity index (χ0n) is 19.2. The molecule has 0 saturated carbocycles. The van der Waals surface area contributed by atoms with Gasteiger partial charge in [0.2, 0.25) is 5.75 Å². The van der Waals surface area contributed by atoms with Crippen LogP contribution in [-0.2, 0) is 5.41 Å². The van der Waals surface area contributed by atoms with E-state index in [2.05, 4.69) is 31.0 Å². The second kappa shape index (κ2) is 8.34. The van der Waals surface area contributed by atoms with Crippen molar-refractivity contribution in [2.24, 2.45) is 0 Å². The number of nitrogen functional groups attached to an aromatic ring is 1. The summed E-state index contributed by atoms with van der Waals surface area (Å²) >= 11 is 1.52. The molecular weight excluding hydrogens is 438 g/mol. The molecule has 1 aliphatic carbocycles. The maximum Gasteiger partial charge on any atom is 0.269 e. The molecule has 0 bridgehead atoms. The highest BCUT2D eigenvalue weighted by atomic mass is 32.1. The monoisotopic (exact) mass is 463 g/mol. The summed E-state index contributed by atoms with van der Waals surface area (Å²) in [5.41, 5.74) is 8.79. The van der Waals surface area contributed by atoms with Gasteiger partial charge in [0.15, 0.2) is 11.5 Å². The fourth-order valence-corrected chi connectivity index (χ4v) is 5.59. The number of rotatable bonds is 5. The Hall–Kier alpha value is -3.70. The first-order valence-corrected chi connectivity index (χ1v) is 11.1. The number of hydrogen-bond donors (Lipinski definition) is 2. The Labute approximate surface area is 195 Å². The number of pyridine rings is 1. The first kappa shape index (κ1) is 22.5. The second-order valence-electron chi connectivity index (χ2n) is 8.48. The van der Waals surface area contributed by atoms with Gasteiger partial charge in [0.1, 0.15) is 16.5 Å². The Morgan fingerprint density at radius 2 is 1.82 bits per heavy atom. The van der Waals surface area contributed by atoms with Crippen molar-refractivity contribution in [3.05, 3.63) is 55.7 Å². The molecule has 0 radical (unpaired) electrons. The smallest absolute Gasteiger partial charge is 0.269 e. The van der Waals surface area contributed by atoms with Gasteiger partial charge in [-0.2, -0.15) is 5.26 Å². The number of H-pyrrole nitrogens is 1. The minimum absolute atomic E-state index is 0.0469. The van der Waals surface area contributed by atoms with Crippen LogP contribution in [-0.4, -0.2) is 26.3 Å². The number of aromatic amines is 1. The molecule has 3 N–H and O–H groups in total. The van der Waals surface area contributed by atoms with Crippen LogP contribution in [0.1, 0.15) is 41.8 Å². The zero-order valence-corrected chi connectivity index (χ0v) is 20.0. The first-order chi connectivity index (χ1) is 15.7. The third-order valence-corrected chi connectivity index (χ3v) is 7.30. The van der Waals surface area contributed by atoms with Crippen molar-refractivity contribution in [1.29, 1.82) is 5.26 Å². The van der Waals surface area contributed by atoms with Crippen LogP contribution in [0.2, 0.25) is 0 Å². The van der Waals surface area contributed by atoms with Crippen molar-refractivity contribution in [2.45, 2.75) is 25.7 Å². The van der Waals surface area contributed by atoms with Crippen LogP contribution in [0.25, 0.3) is 22.4 Å². The van der Waals surface area contributed by atoms with Gasteiger partial charge < -0.3 is 24.9 Å². The standard InChI is InChI=1S/C25H25N3O4S/c1-25(2)11-14(7-6-13-9-17(30-3)21(32-5)18(10-13)31-4)8-15-19-20(27)16(12-26)23(29)28-24(19)33-22(15)25/h6-10H,11H2,1-5H3,(H3,27,28,29)/b7-6+. The highest BCUT2D eigenvalue weighted by Crippen LogP contribution is 2.48. The average Bonchev–Trinajstić information content (AvgIpc) is 3.16. The maximum absolute atomic E-state index is 12.2. The molecule has 7 nitrogen and oxygen atoms in total. The van der Waals surface area contributed by atoms with Gasteiger partial charge in [-0.3, -0.25) is 4.79 Å². The van der Waals surface area contributed by atoms with Crippen molar-refractivity contribution in [1.82, 2.24) is 4.98 Å². The van der Waals surface area contributed by atoms with Crippen molar-refractivity contribution in [2.75, 3.05) is 27.1 Å². The fourth-order valence-electron chi connectivity index (χ4n) is 4.30. The van der Waals surface area contributed by atoms with Gasteiger partial charge >= 0.3 is 0 Å². The van der Waals surface area contributed by atoms with Gasteiger partial charge in [-0.15, -0.1) is 11.3 Å². The topological polar surface area (TPSA) is 110 Å². The molecule has 0 saturated heterocycles. The van der Waals surface area contributed by atoms with Gasteiger partial charge in [0.25, 0.3) is 5.56 Å². The number of benzene rings is 1. The van der Waals surface area contributed by atoms with Crippen molar-refractivity contribution >= 4 is 39.4 Å². The molecule has 0 amide bonds. The molecule has 0 aliphatic heterocycles. The number of methoxy groups -OCH3 is 3. The van der Waals surface area contributed by atoms with Crippen molar-refractivity contribution in [3.63, 3.8) is 0 Å². The van der Waals surface area contributed by atoms with E-state index in [1.807, 2.05) is 24.3 Å². The second-order valence-corrected chi connectivity index (χ2v) is 9.50. The Morgan fingerprint density at radius 1 is 1.15 bits per heavy atom. The number of anilines is 1. The predicted octanol–water partition coefficient (Wildman–Crippen LogP) is 4.85. The van der Waals surface area contributed by atoms with Crippen LogP contribution < -0.4 is 25.5 Å². The normalized spacial score (nSPS) is 14.6. The Balaban J connectivity index is 1.83. The van der Waals surface area contributed by atoms with E-state index in [0.717, 1.165) is 33.4 Å². The summed E-state index contributed by atoms with van der Waals surface area (Å²) in [6.45, 7) is 4.34. The minimum Gasteiger partial charge on any atom is -0.493 e. The van der Waals surface area contributed by atoms with Gasteiger partial charge in [0, 0.05) is 21.2 Å². The lowest BCUT2D eigenvalue weighted by atomic mass is 9.77. The van der Waals surface area contributed by atoms with Crippen LogP contribution in [0.4, 0.5) is 5.69 Å². The summed E-state index contributed by atoms with van der Waals surface area (Å²) in [6, 6.07) is 5.71. The van der Waals surface area contributed by atoms with Gasteiger partial charge in [-0.1, -0.05) is 26.0 Å². The number of allylic oxidation sites excluding steroid dienone is 2. The van der Waals surface area contributed by atoms with Crippen LogP contribution in [0.5, 0.6) is 17.2 Å². The van der Waals surface area contributed by atoms with E-state index in [1.165, 1.54) is 11.3 Å². The fraction of sp³-hybridized carbons (Fsp3) is 0.280. The number of ether oxygens (including phenoxy) is 3. The summed E-state index contributed by atoms with van der Waals surface area (Å²) in [5, 5.41) is 10.1. The van der Waals surface area contributed by atoms with Gasteiger partial charge in [0.05, 0.1) is 27.0 Å². The number of nitrogens with one attached hydrogen (secondary N) is 1. The molecule has 1 aliphatic rings. The number of nitriles is 1. The molecule has 4 rings (SSSR count). The Bertz CT molecular complexity index is 1400. The van der Waals surface area contributed by atoms with E-state index in [9.17, 15) is 10.1 Å². The van der Waals surface area contributed by atoms with E-state index >= 15 is 0 Å². The molecule has 3 aromatic rings. The third-order valence-electron chi connectivity index (χ3n) is 5.82. The van der Waals surface area contributed by atoms with E-state index in [0.29, 0.717) is 22.1 Å². The van der Waals surface area contributed by atoms with E-state index in [1.54, 1.807) is 21.3 Å².